The highest BCUT2D eigenvalue weighted by Gasteiger charge is 2.16. The van der Waals surface area contributed by atoms with Crippen LogP contribution in [-0.4, -0.2) is 19.7 Å². The summed E-state index contributed by atoms with van der Waals surface area (Å²) in [7, 11) is 0. The van der Waals surface area contributed by atoms with E-state index in [9.17, 15) is 0 Å². The lowest BCUT2D eigenvalue weighted by Crippen LogP contribution is -2.29. The number of aromatic nitrogens is 4. The van der Waals surface area contributed by atoms with Gasteiger partial charge in [-0.15, -0.1) is 0 Å². The molecule has 1 aromatic carbocycles. The van der Waals surface area contributed by atoms with Crippen molar-refractivity contribution in [2.45, 2.75) is 6.04 Å². The molecule has 6 nitrogen and oxygen atoms in total. The van der Waals surface area contributed by atoms with Crippen molar-refractivity contribution in [3.63, 3.8) is 0 Å². The fourth-order valence-electron chi connectivity index (χ4n) is 2.02. The minimum absolute atomic E-state index is 0.235. The van der Waals surface area contributed by atoms with Crippen molar-refractivity contribution < 1.29 is 0 Å². The lowest BCUT2D eigenvalue weighted by atomic mass is 10.1. The van der Waals surface area contributed by atoms with E-state index in [2.05, 4.69) is 20.5 Å². The SMILES string of the molecule is NNC(c1cnn(-c2ccccc2)c1)c1cnccn1. The minimum Gasteiger partial charge on any atom is -0.271 e. The first-order valence-corrected chi connectivity index (χ1v) is 6.20. The molecule has 0 saturated heterocycles. The Labute approximate surface area is 116 Å². The van der Waals surface area contributed by atoms with E-state index in [-0.39, 0.29) is 6.04 Å². The van der Waals surface area contributed by atoms with Crippen LogP contribution in [0, 0.1) is 0 Å². The van der Waals surface area contributed by atoms with E-state index in [4.69, 9.17) is 5.84 Å². The topological polar surface area (TPSA) is 81.6 Å². The van der Waals surface area contributed by atoms with Crippen LogP contribution in [0.2, 0.25) is 0 Å². The van der Waals surface area contributed by atoms with E-state index < -0.39 is 0 Å². The molecule has 1 unspecified atom stereocenters. The minimum atomic E-state index is -0.235. The molecule has 3 aromatic rings. The lowest BCUT2D eigenvalue weighted by molar-refractivity contribution is 0.617. The van der Waals surface area contributed by atoms with Crippen molar-refractivity contribution in [1.82, 2.24) is 25.2 Å². The third-order valence-electron chi connectivity index (χ3n) is 3.00. The zero-order valence-electron chi connectivity index (χ0n) is 10.7. The fourth-order valence-corrected chi connectivity index (χ4v) is 2.02. The first kappa shape index (κ1) is 12.5. The average molecular weight is 266 g/mol. The van der Waals surface area contributed by atoms with Crippen LogP contribution in [0.1, 0.15) is 17.3 Å². The Kier molecular flexibility index (Phi) is 3.49. The summed E-state index contributed by atoms with van der Waals surface area (Å²) in [5.74, 6) is 5.63. The highest BCUT2D eigenvalue weighted by Crippen LogP contribution is 2.19. The van der Waals surface area contributed by atoms with Crippen LogP contribution in [-0.2, 0) is 0 Å². The predicted molar refractivity (Wildman–Crippen MR) is 74.8 cm³/mol. The molecule has 3 rings (SSSR count). The molecule has 0 saturated carbocycles. The smallest absolute Gasteiger partial charge is 0.0927 e. The lowest BCUT2D eigenvalue weighted by Gasteiger charge is -2.12. The van der Waals surface area contributed by atoms with Gasteiger partial charge in [0, 0.05) is 24.2 Å². The number of rotatable bonds is 4. The molecule has 2 aromatic heterocycles. The summed E-state index contributed by atoms with van der Waals surface area (Å²) in [6.45, 7) is 0. The first-order valence-electron chi connectivity index (χ1n) is 6.20. The van der Waals surface area contributed by atoms with Crippen molar-refractivity contribution in [3.05, 3.63) is 72.6 Å². The number of hydrogen-bond acceptors (Lipinski definition) is 5. The van der Waals surface area contributed by atoms with Gasteiger partial charge in [0.25, 0.3) is 0 Å². The van der Waals surface area contributed by atoms with Crippen LogP contribution in [0.15, 0.2) is 61.3 Å². The monoisotopic (exact) mass is 266 g/mol. The van der Waals surface area contributed by atoms with Gasteiger partial charge in [0.15, 0.2) is 0 Å². The summed E-state index contributed by atoms with van der Waals surface area (Å²) in [6.07, 6.45) is 8.65. The third kappa shape index (κ3) is 2.42. The van der Waals surface area contributed by atoms with Crippen molar-refractivity contribution >= 4 is 0 Å². The number of nitrogens with two attached hydrogens (primary N) is 1. The third-order valence-corrected chi connectivity index (χ3v) is 3.00. The fraction of sp³-hybridized carbons (Fsp3) is 0.0714. The Morgan fingerprint density at radius 3 is 2.65 bits per heavy atom. The molecule has 2 heterocycles. The second kappa shape index (κ2) is 5.60. The number of hydrogen-bond donors (Lipinski definition) is 2. The molecule has 100 valence electrons. The summed E-state index contributed by atoms with van der Waals surface area (Å²) in [6, 6.07) is 9.66. The van der Waals surface area contributed by atoms with Gasteiger partial charge in [-0.2, -0.15) is 5.10 Å². The highest BCUT2D eigenvalue weighted by atomic mass is 15.3. The Morgan fingerprint density at radius 2 is 1.95 bits per heavy atom. The van der Waals surface area contributed by atoms with E-state index in [1.807, 2.05) is 36.5 Å². The maximum absolute atomic E-state index is 5.63. The number of nitrogens with one attached hydrogen (secondary N) is 1. The molecule has 0 aliphatic carbocycles. The predicted octanol–water partition coefficient (Wildman–Crippen LogP) is 1.21. The number of benzene rings is 1. The quantitative estimate of drug-likeness (QED) is 0.548. The number of hydrazine groups is 1. The standard InChI is InChI=1S/C14H14N6/c15-19-14(13-9-16-6-7-17-13)11-8-18-20(10-11)12-4-2-1-3-5-12/h1-10,14,19H,15H2. The molecule has 1 atom stereocenters. The van der Waals surface area contributed by atoms with Gasteiger partial charge in [0.2, 0.25) is 0 Å². The second-order valence-electron chi connectivity index (χ2n) is 4.28. The Bertz CT molecular complexity index is 664. The molecule has 3 N–H and O–H groups in total. The van der Waals surface area contributed by atoms with Gasteiger partial charge in [0.1, 0.15) is 0 Å². The zero-order valence-corrected chi connectivity index (χ0v) is 10.7. The molecule has 0 aliphatic rings. The highest BCUT2D eigenvalue weighted by molar-refractivity contribution is 5.32. The van der Waals surface area contributed by atoms with E-state index in [0.29, 0.717) is 0 Å². The van der Waals surface area contributed by atoms with Crippen molar-refractivity contribution in [3.8, 4) is 5.69 Å². The molecule has 0 bridgehead atoms. The average Bonchev–Trinajstić information content (AvgIpc) is 3.00. The number of para-hydroxylation sites is 1. The zero-order chi connectivity index (χ0) is 13.8. The first-order chi connectivity index (χ1) is 9.88. The van der Waals surface area contributed by atoms with Gasteiger partial charge < -0.3 is 0 Å². The summed E-state index contributed by atoms with van der Waals surface area (Å²) in [5, 5.41) is 4.35. The largest absolute Gasteiger partial charge is 0.271 e. The van der Waals surface area contributed by atoms with Crippen LogP contribution in [0.5, 0.6) is 0 Å². The van der Waals surface area contributed by atoms with Gasteiger partial charge in [-0.3, -0.25) is 15.8 Å². The summed E-state index contributed by atoms with van der Waals surface area (Å²) in [4.78, 5) is 8.32. The summed E-state index contributed by atoms with van der Waals surface area (Å²) >= 11 is 0. The number of nitrogens with zero attached hydrogens (tertiary/aromatic N) is 4. The van der Waals surface area contributed by atoms with Gasteiger partial charge in [-0.1, -0.05) is 18.2 Å². The molecule has 6 heteroatoms. The molecular formula is C14H14N6. The molecular weight excluding hydrogens is 252 g/mol. The molecule has 0 radical (unpaired) electrons. The van der Waals surface area contributed by atoms with Crippen LogP contribution in [0.4, 0.5) is 0 Å². The van der Waals surface area contributed by atoms with Crippen LogP contribution < -0.4 is 11.3 Å². The van der Waals surface area contributed by atoms with E-state index in [1.54, 1.807) is 29.5 Å². The van der Waals surface area contributed by atoms with Gasteiger partial charge >= 0.3 is 0 Å². The maximum Gasteiger partial charge on any atom is 0.0927 e. The van der Waals surface area contributed by atoms with Crippen LogP contribution in [0.25, 0.3) is 5.69 Å². The van der Waals surface area contributed by atoms with Gasteiger partial charge in [-0.25, -0.2) is 10.1 Å². The Balaban J connectivity index is 1.93. The Morgan fingerprint density at radius 1 is 1.10 bits per heavy atom. The van der Waals surface area contributed by atoms with Gasteiger partial charge in [0.05, 0.1) is 29.8 Å². The maximum atomic E-state index is 5.63. The normalized spacial score (nSPS) is 12.2. The summed E-state index contributed by atoms with van der Waals surface area (Å²) in [5.41, 5.74) is 5.42. The molecule has 20 heavy (non-hydrogen) atoms. The summed E-state index contributed by atoms with van der Waals surface area (Å²) < 4.78 is 1.80. The Hall–Kier alpha value is -2.57. The van der Waals surface area contributed by atoms with Gasteiger partial charge in [-0.05, 0) is 12.1 Å². The van der Waals surface area contributed by atoms with E-state index in [1.165, 1.54) is 0 Å². The molecule has 0 spiro atoms. The molecule has 0 amide bonds. The van der Waals surface area contributed by atoms with E-state index in [0.717, 1.165) is 16.9 Å². The van der Waals surface area contributed by atoms with E-state index >= 15 is 0 Å². The molecule has 0 fully saturated rings. The van der Waals surface area contributed by atoms with Crippen molar-refractivity contribution in [2.75, 3.05) is 0 Å². The van der Waals surface area contributed by atoms with Crippen molar-refractivity contribution in [1.29, 1.82) is 0 Å². The van der Waals surface area contributed by atoms with Crippen LogP contribution in [0.3, 0.4) is 0 Å². The van der Waals surface area contributed by atoms with Crippen LogP contribution >= 0.6 is 0 Å². The second-order valence-corrected chi connectivity index (χ2v) is 4.28. The van der Waals surface area contributed by atoms with Crippen molar-refractivity contribution in [2.24, 2.45) is 5.84 Å². The molecule has 0 aliphatic heterocycles.